The number of nitrogen functional groups attached to an aromatic ring is 1. The van der Waals surface area contributed by atoms with Gasteiger partial charge in [0.1, 0.15) is 5.82 Å². The van der Waals surface area contributed by atoms with Gasteiger partial charge in [-0.1, -0.05) is 11.8 Å². The van der Waals surface area contributed by atoms with Gasteiger partial charge in [-0.25, -0.2) is 4.98 Å². The Balaban J connectivity index is 2.90. The van der Waals surface area contributed by atoms with E-state index in [4.69, 9.17) is 10.5 Å². The van der Waals surface area contributed by atoms with E-state index in [2.05, 4.69) is 9.97 Å². The largest absolute Gasteiger partial charge is 0.478 e. The van der Waals surface area contributed by atoms with Crippen molar-refractivity contribution >= 4 is 17.6 Å². The van der Waals surface area contributed by atoms with Gasteiger partial charge < -0.3 is 10.5 Å². The third kappa shape index (κ3) is 2.27. The van der Waals surface area contributed by atoms with Crippen LogP contribution in [0.4, 0.5) is 5.82 Å². The van der Waals surface area contributed by atoms with Crippen molar-refractivity contribution in [2.45, 2.75) is 12.1 Å². The fourth-order valence-electron chi connectivity index (χ4n) is 0.734. The quantitative estimate of drug-likeness (QED) is 0.566. The highest BCUT2D eigenvalue weighted by Crippen LogP contribution is 2.16. The maximum absolute atomic E-state index is 5.52. The molecule has 0 atom stereocenters. The molecule has 0 amide bonds. The Bertz CT molecular complexity index is 267. The van der Waals surface area contributed by atoms with Gasteiger partial charge in [0, 0.05) is 6.07 Å². The minimum atomic E-state index is 0.442. The number of thioether (sulfide) groups is 1. The summed E-state index contributed by atoms with van der Waals surface area (Å²) in [5.74, 6) is 0.979. The molecular weight excluding hydrogens is 174 g/mol. The highest BCUT2D eigenvalue weighted by molar-refractivity contribution is 7.98. The second kappa shape index (κ2) is 4.15. The standard InChI is InChI=1S/C7H11N3OS/c1-3-11-6-4-5(8)9-7(10-6)12-2/h4H,3H2,1-2H3,(H2,8,9,10). The van der Waals surface area contributed by atoms with Crippen molar-refractivity contribution in [3.05, 3.63) is 6.07 Å². The van der Waals surface area contributed by atoms with E-state index in [-0.39, 0.29) is 0 Å². The summed E-state index contributed by atoms with van der Waals surface area (Å²) in [6.45, 7) is 2.49. The molecule has 12 heavy (non-hydrogen) atoms. The first-order valence-corrected chi connectivity index (χ1v) is 4.80. The molecule has 0 bridgehead atoms. The third-order valence-corrected chi connectivity index (χ3v) is 1.72. The molecule has 5 heteroatoms. The van der Waals surface area contributed by atoms with Crippen molar-refractivity contribution in [2.75, 3.05) is 18.6 Å². The van der Waals surface area contributed by atoms with E-state index < -0.39 is 0 Å². The number of nitrogens with two attached hydrogens (primary N) is 1. The van der Waals surface area contributed by atoms with Gasteiger partial charge in [-0.3, -0.25) is 0 Å². The Morgan fingerprint density at radius 2 is 2.33 bits per heavy atom. The second-order valence-corrected chi connectivity index (χ2v) is 2.82. The van der Waals surface area contributed by atoms with Crippen molar-refractivity contribution < 1.29 is 4.74 Å². The van der Waals surface area contributed by atoms with Crippen LogP contribution in [0.1, 0.15) is 6.92 Å². The Labute approximate surface area is 75.5 Å². The van der Waals surface area contributed by atoms with Crippen LogP contribution in [0.25, 0.3) is 0 Å². The zero-order valence-corrected chi connectivity index (χ0v) is 7.89. The summed E-state index contributed by atoms with van der Waals surface area (Å²) in [7, 11) is 0. The van der Waals surface area contributed by atoms with Gasteiger partial charge in [-0.2, -0.15) is 4.98 Å². The van der Waals surface area contributed by atoms with Crippen LogP contribution in [0.3, 0.4) is 0 Å². The number of nitrogens with zero attached hydrogens (tertiary/aromatic N) is 2. The molecule has 1 aromatic heterocycles. The van der Waals surface area contributed by atoms with Crippen LogP contribution in [0.2, 0.25) is 0 Å². The molecule has 4 nitrogen and oxygen atoms in total. The number of hydrogen-bond acceptors (Lipinski definition) is 5. The SMILES string of the molecule is CCOc1cc(N)nc(SC)n1. The molecule has 1 heterocycles. The zero-order chi connectivity index (χ0) is 8.97. The van der Waals surface area contributed by atoms with E-state index in [1.54, 1.807) is 6.07 Å². The lowest BCUT2D eigenvalue weighted by atomic mass is 10.6. The molecule has 0 saturated heterocycles. The van der Waals surface area contributed by atoms with Gasteiger partial charge in [0.2, 0.25) is 5.88 Å². The smallest absolute Gasteiger partial charge is 0.219 e. The van der Waals surface area contributed by atoms with Crippen molar-refractivity contribution in [1.82, 2.24) is 9.97 Å². The average Bonchev–Trinajstić information content (AvgIpc) is 2.04. The predicted octanol–water partition coefficient (Wildman–Crippen LogP) is 1.18. The lowest BCUT2D eigenvalue weighted by Gasteiger charge is -2.03. The van der Waals surface area contributed by atoms with E-state index in [9.17, 15) is 0 Å². The van der Waals surface area contributed by atoms with Gasteiger partial charge in [0.15, 0.2) is 5.16 Å². The highest BCUT2D eigenvalue weighted by Gasteiger charge is 2.00. The molecule has 0 radical (unpaired) electrons. The Kier molecular flexibility index (Phi) is 3.16. The lowest BCUT2D eigenvalue weighted by Crippen LogP contribution is -1.99. The molecule has 0 saturated carbocycles. The minimum absolute atomic E-state index is 0.442. The molecule has 0 aliphatic rings. The molecule has 0 aliphatic carbocycles. The minimum Gasteiger partial charge on any atom is -0.478 e. The molecule has 66 valence electrons. The molecular formula is C7H11N3OS. The summed E-state index contributed by atoms with van der Waals surface area (Å²) >= 11 is 1.44. The monoisotopic (exact) mass is 185 g/mol. The summed E-state index contributed by atoms with van der Waals surface area (Å²) in [5.41, 5.74) is 5.52. The van der Waals surface area contributed by atoms with Crippen molar-refractivity contribution in [2.24, 2.45) is 0 Å². The van der Waals surface area contributed by atoms with E-state index in [0.717, 1.165) is 0 Å². The molecule has 0 unspecified atom stereocenters. The summed E-state index contributed by atoms with van der Waals surface area (Å²) in [5, 5.41) is 0.637. The van der Waals surface area contributed by atoms with Crippen LogP contribution in [0.5, 0.6) is 5.88 Å². The number of hydrogen-bond donors (Lipinski definition) is 1. The fourth-order valence-corrected chi connectivity index (χ4v) is 1.11. The van der Waals surface area contributed by atoms with Crippen LogP contribution >= 0.6 is 11.8 Å². The van der Waals surface area contributed by atoms with E-state index >= 15 is 0 Å². The van der Waals surface area contributed by atoms with Crippen LogP contribution in [0, 0.1) is 0 Å². The first-order valence-electron chi connectivity index (χ1n) is 3.57. The van der Waals surface area contributed by atoms with Crippen molar-refractivity contribution in [3.63, 3.8) is 0 Å². The van der Waals surface area contributed by atoms with Crippen LogP contribution < -0.4 is 10.5 Å². The number of aromatic nitrogens is 2. The Hall–Kier alpha value is -0.970. The van der Waals surface area contributed by atoms with Gasteiger partial charge >= 0.3 is 0 Å². The second-order valence-electron chi connectivity index (χ2n) is 2.05. The summed E-state index contributed by atoms with van der Waals surface area (Å²) in [6.07, 6.45) is 1.89. The fraction of sp³-hybridized carbons (Fsp3) is 0.429. The van der Waals surface area contributed by atoms with Crippen LogP contribution in [-0.4, -0.2) is 22.8 Å². The third-order valence-electron chi connectivity index (χ3n) is 1.18. The van der Waals surface area contributed by atoms with E-state index in [1.165, 1.54) is 11.8 Å². The molecule has 0 spiro atoms. The summed E-state index contributed by atoms with van der Waals surface area (Å²) in [4.78, 5) is 8.08. The maximum atomic E-state index is 5.52. The highest BCUT2D eigenvalue weighted by atomic mass is 32.2. The first kappa shape index (κ1) is 9.12. The van der Waals surface area contributed by atoms with E-state index in [1.807, 2.05) is 13.2 Å². The van der Waals surface area contributed by atoms with E-state index in [0.29, 0.717) is 23.5 Å². The molecule has 1 rings (SSSR count). The number of ether oxygens (including phenoxy) is 1. The van der Waals surface area contributed by atoms with Gasteiger partial charge in [-0.15, -0.1) is 0 Å². The van der Waals surface area contributed by atoms with Crippen LogP contribution in [-0.2, 0) is 0 Å². The topological polar surface area (TPSA) is 61.0 Å². The number of rotatable bonds is 3. The van der Waals surface area contributed by atoms with Gasteiger partial charge in [0.25, 0.3) is 0 Å². The summed E-state index contributed by atoms with van der Waals surface area (Å²) < 4.78 is 5.18. The molecule has 2 N–H and O–H groups in total. The van der Waals surface area contributed by atoms with Gasteiger partial charge in [-0.05, 0) is 13.2 Å². The molecule has 1 aromatic rings. The molecule has 0 aliphatic heterocycles. The summed E-state index contributed by atoms with van der Waals surface area (Å²) in [6, 6.07) is 1.61. The van der Waals surface area contributed by atoms with Gasteiger partial charge in [0.05, 0.1) is 6.61 Å². The Morgan fingerprint density at radius 3 is 2.92 bits per heavy atom. The maximum Gasteiger partial charge on any atom is 0.219 e. The normalized spacial score (nSPS) is 9.83. The Morgan fingerprint density at radius 1 is 1.58 bits per heavy atom. The average molecular weight is 185 g/mol. The van der Waals surface area contributed by atoms with Crippen molar-refractivity contribution in [3.8, 4) is 5.88 Å². The lowest BCUT2D eigenvalue weighted by molar-refractivity contribution is 0.323. The first-order chi connectivity index (χ1) is 5.76. The zero-order valence-electron chi connectivity index (χ0n) is 7.07. The molecule has 0 aromatic carbocycles. The van der Waals surface area contributed by atoms with Crippen LogP contribution in [0.15, 0.2) is 11.2 Å². The molecule has 0 fully saturated rings. The number of anilines is 1. The van der Waals surface area contributed by atoms with Crippen molar-refractivity contribution in [1.29, 1.82) is 0 Å². The predicted molar refractivity (Wildman–Crippen MR) is 49.4 cm³/mol.